The molecule has 0 atom stereocenters. The van der Waals surface area contributed by atoms with Crippen LogP contribution in [0.15, 0.2) is 36.4 Å². The summed E-state index contributed by atoms with van der Waals surface area (Å²) >= 11 is 11.9. The SMILES string of the molecule is Nc1c(Cl)nc2cc(C(F)(F)F)ccc2c1NC1CCC(O)CC1.O=[N+]([O-])c1c(Cl)nc2cc(C(F)(F)F)ccc2c1NC1CCC(O)CC1. The van der Waals surface area contributed by atoms with Crippen molar-refractivity contribution in [3.05, 3.63) is 67.9 Å². The van der Waals surface area contributed by atoms with Crippen LogP contribution in [0.2, 0.25) is 10.3 Å². The van der Waals surface area contributed by atoms with Gasteiger partial charge < -0.3 is 26.6 Å². The average Bonchev–Trinajstić information content (AvgIpc) is 3.04. The van der Waals surface area contributed by atoms with Gasteiger partial charge in [0, 0.05) is 22.9 Å². The van der Waals surface area contributed by atoms with Crippen LogP contribution in [0.1, 0.15) is 62.5 Å². The first-order valence-corrected chi connectivity index (χ1v) is 16.4. The van der Waals surface area contributed by atoms with Crippen LogP contribution in [0.4, 0.5) is 49.1 Å². The zero-order valence-corrected chi connectivity index (χ0v) is 27.6. The van der Waals surface area contributed by atoms with Gasteiger partial charge in [-0.2, -0.15) is 26.3 Å². The lowest BCUT2D eigenvalue weighted by Gasteiger charge is -2.28. The van der Waals surface area contributed by atoms with E-state index in [1.165, 1.54) is 6.07 Å². The van der Waals surface area contributed by atoms with Crippen molar-refractivity contribution in [1.29, 1.82) is 0 Å². The van der Waals surface area contributed by atoms with Crippen molar-refractivity contribution >= 4 is 67.8 Å². The van der Waals surface area contributed by atoms with Crippen molar-refractivity contribution < 1.29 is 41.5 Å². The summed E-state index contributed by atoms with van der Waals surface area (Å²) in [5.74, 6) is 0. The highest BCUT2D eigenvalue weighted by Gasteiger charge is 2.34. The van der Waals surface area contributed by atoms with E-state index in [0.717, 1.165) is 43.2 Å². The molecule has 0 saturated heterocycles. The van der Waals surface area contributed by atoms with E-state index in [9.17, 15) is 46.7 Å². The zero-order valence-electron chi connectivity index (χ0n) is 26.1. The Labute approximate surface area is 291 Å². The predicted octanol–water partition coefficient (Wildman–Crippen LogP) is 8.74. The Balaban J connectivity index is 0.000000195. The molecule has 10 nitrogen and oxygen atoms in total. The number of alkyl halides is 6. The van der Waals surface area contributed by atoms with Gasteiger partial charge >= 0.3 is 18.0 Å². The number of nitrogens with one attached hydrogen (secondary N) is 2. The van der Waals surface area contributed by atoms with E-state index in [1.54, 1.807) is 0 Å². The third-order valence-electron chi connectivity index (χ3n) is 8.82. The molecule has 6 rings (SSSR count). The van der Waals surface area contributed by atoms with Crippen molar-refractivity contribution in [2.45, 2.75) is 88.0 Å². The monoisotopic (exact) mass is 748 g/mol. The van der Waals surface area contributed by atoms with Gasteiger partial charge in [-0.05, 0) is 81.7 Å². The summed E-state index contributed by atoms with van der Waals surface area (Å²) in [4.78, 5) is 18.5. The molecule has 0 spiro atoms. The lowest BCUT2D eigenvalue weighted by Crippen LogP contribution is -2.28. The number of pyridine rings is 2. The Bertz CT molecular complexity index is 1880. The Morgan fingerprint density at radius 1 is 0.720 bits per heavy atom. The lowest BCUT2D eigenvalue weighted by molar-refractivity contribution is -0.384. The molecule has 0 radical (unpaired) electrons. The number of nitrogens with zero attached hydrogens (tertiary/aromatic N) is 3. The fourth-order valence-corrected chi connectivity index (χ4v) is 6.58. The molecule has 0 unspecified atom stereocenters. The maximum atomic E-state index is 12.9. The van der Waals surface area contributed by atoms with Gasteiger partial charge in [0.2, 0.25) is 5.15 Å². The summed E-state index contributed by atoms with van der Waals surface area (Å²) in [6.45, 7) is 0. The van der Waals surface area contributed by atoms with Gasteiger partial charge in [0.1, 0.15) is 5.69 Å². The van der Waals surface area contributed by atoms with Gasteiger partial charge in [-0.15, -0.1) is 0 Å². The predicted molar refractivity (Wildman–Crippen MR) is 178 cm³/mol. The molecule has 2 aliphatic rings. The highest BCUT2D eigenvalue weighted by Crippen LogP contribution is 2.42. The highest BCUT2D eigenvalue weighted by molar-refractivity contribution is 6.33. The molecule has 0 bridgehead atoms. The normalized spacial score (nSPS) is 21.4. The standard InChI is InChI=1S/C16H15ClF3N3O3.C16H17ClF3N3O/c17-15-14(23(25)26)13(21-9-2-4-10(24)5-3-9)11-6-1-8(16(18,19)20)7-12(11)22-15;17-15-13(21)14(22-9-2-4-10(24)5-3-9)11-6-1-8(16(18,19)20)7-12(11)23-15/h1,6-7,9-10,24H,2-5H2,(H,21,22);1,6-7,9-10,24H,2-5,21H2,(H,22,23). The largest absolute Gasteiger partial charge is 0.416 e. The van der Waals surface area contributed by atoms with Crippen molar-refractivity contribution in [2.24, 2.45) is 0 Å². The van der Waals surface area contributed by atoms with E-state index in [4.69, 9.17) is 28.9 Å². The van der Waals surface area contributed by atoms with Crippen LogP contribution < -0.4 is 16.4 Å². The van der Waals surface area contributed by atoms with Crippen LogP contribution in [-0.4, -0.2) is 49.4 Å². The summed E-state index contributed by atoms with van der Waals surface area (Å²) < 4.78 is 77.4. The zero-order chi connectivity index (χ0) is 36.5. The van der Waals surface area contributed by atoms with E-state index in [0.29, 0.717) is 49.6 Å². The summed E-state index contributed by atoms with van der Waals surface area (Å²) in [7, 11) is 0. The van der Waals surface area contributed by atoms with Crippen molar-refractivity contribution in [2.75, 3.05) is 16.4 Å². The number of nitro groups is 1. The van der Waals surface area contributed by atoms with Crippen LogP contribution in [0, 0.1) is 10.1 Å². The minimum Gasteiger partial charge on any atom is -0.395 e. The molecule has 2 aromatic heterocycles. The number of aromatic nitrogens is 2. The minimum absolute atomic E-state index is 0.0276. The van der Waals surface area contributed by atoms with Gasteiger partial charge in [0.05, 0.1) is 50.7 Å². The Kier molecular flexibility index (Phi) is 11.1. The molecule has 18 heteroatoms. The van der Waals surface area contributed by atoms with E-state index in [1.807, 2.05) is 0 Å². The number of aliphatic hydroxyl groups is 2. The number of fused-ring (bicyclic) bond motifs is 2. The maximum Gasteiger partial charge on any atom is 0.416 e. The summed E-state index contributed by atoms with van der Waals surface area (Å²) in [6.07, 6.45) is -4.61. The average molecular weight is 750 g/mol. The molecule has 2 fully saturated rings. The molecule has 2 aromatic carbocycles. The molecule has 2 aliphatic carbocycles. The molecule has 4 aromatic rings. The summed E-state index contributed by atoms with van der Waals surface area (Å²) in [5.41, 5.74) is 4.67. The highest BCUT2D eigenvalue weighted by atomic mass is 35.5. The third kappa shape index (κ3) is 8.53. The van der Waals surface area contributed by atoms with Gasteiger partial charge in [-0.3, -0.25) is 10.1 Å². The van der Waals surface area contributed by atoms with Crippen LogP contribution >= 0.6 is 23.2 Å². The number of aliphatic hydroxyl groups excluding tert-OH is 2. The topological polar surface area (TPSA) is 159 Å². The van der Waals surface area contributed by atoms with Crippen molar-refractivity contribution in [3.8, 4) is 0 Å². The van der Waals surface area contributed by atoms with Crippen LogP contribution in [0.5, 0.6) is 0 Å². The third-order valence-corrected chi connectivity index (χ3v) is 9.37. The van der Waals surface area contributed by atoms with E-state index >= 15 is 0 Å². The number of anilines is 3. The Hall–Kier alpha value is -3.86. The number of benzene rings is 2. The molecule has 6 N–H and O–H groups in total. The first kappa shape index (κ1) is 37.4. The number of hydrogen-bond acceptors (Lipinski definition) is 9. The first-order valence-electron chi connectivity index (χ1n) is 15.6. The Morgan fingerprint density at radius 3 is 1.54 bits per heavy atom. The van der Waals surface area contributed by atoms with Gasteiger partial charge in [-0.1, -0.05) is 29.3 Å². The quantitative estimate of drug-likeness (QED) is 0.0582. The molecule has 0 amide bonds. The second-order valence-electron chi connectivity index (χ2n) is 12.3. The number of hydrogen-bond donors (Lipinski definition) is 5. The van der Waals surface area contributed by atoms with Gasteiger partial charge in [-0.25, -0.2) is 9.97 Å². The van der Waals surface area contributed by atoms with Crippen LogP contribution in [0.25, 0.3) is 21.8 Å². The van der Waals surface area contributed by atoms with Crippen LogP contribution in [0.3, 0.4) is 0 Å². The lowest BCUT2D eigenvalue weighted by atomic mass is 9.92. The van der Waals surface area contributed by atoms with Gasteiger partial charge in [0.15, 0.2) is 5.15 Å². The van der Waals surface area contributed by atoms with Gasteiger partial charge in [0.25, 0.3) is 0 Å². The molecule has 2 heterocycles. The molecule has 270 valence electrons. The smallest absolute Gasteiger partial charge is 0.395 e. The second kappa shape index (κ2) is 14.8. The Morgan fingerprint density at radius 2 is 1.12 bits per heavy atom. The molecule has 0 aliphatic heterocycles. The summed E-state index contributed by atoms with van der Waals surface area (Å²) in [6, 6.07) is 6.11. The minimum atomic E-state index is -4.56. The van der Waals surface area contributed by atoms with Crippen LogP contribution in [-0.2, 0) is 12.4 Å². The first-order chi connectivity index (χ1) is 23.4. The van der Waals surface area contributed by atoms with Crippen molar-refractivity contribution in [1.82, 2.24) is 9.97 Å². The summed E-state index contributed by atoms with van der Waals surface area (Å²) in [5, 5.41) is 37.1. The fourth-order valence-electron chi connectivity index (χ4n) is 6.14. The fraction of sp³-hybridized carbons (Fsp3) is 0.438. The molecule has 2 saturated carbocycles. The molecular formula is C32H32Cl2F6N6O4. The maximum absolute atomic E-state index is 12.9. The molecular weight excluding hydrogens is 717 g/mol. The molecule has 50 heavy (non-hydrogen) atoms. The van der Waals surface area contributed by atoms with E-state index < -0.39 is 45.3 Å². The van der Waals surface area contributed by atoms with Crippen molar-refractivity contribution in [3.63, 3.8) is 0 Å². The van der Waals surface area contributed by atoms with E-state index in [2.05, 4.69) is 20.6 Å². The number of nitrogens with two attached hydrogens (primary N) is 1. The number of rotatable bonds is 5. The van der Waals surface area contributed by atoms with E-state index in [-0.39, 0.29) is 51.1 Å². The number of halogens is 8. The number of nitrogen functional groups attached to an aromatic ring is 1. The second-order valence-corrected chi connectivity index (χ2v) is 13.0.